The zero-order valence-electron chi connectivity index (χ0n) is 22.5. The van der Waals surface area contributed by atoms with E-state index in [2.05, 4.69) is 10.2 Å². The molecule has 0 saturated carbocycles. The van der Waals surface area contributed by atoms with Crippen molar-refractivity contribution in [3.63, 3.8) is 0 Å². The number of hydrogen-bond acceptors (Lipinski definition) is 8. The number of nitrogens with one attached hydrogen (secondary N) is 1. The smallest absolute Gasteiger partial charge is 0.407 e. The zero-order chi connectivity index (χ0) is 27.6. The number of carbonyl (C=O) groups excluding carboxylic acids is 1. The molecule has 3 aromatic rings. The summed E-state index contributed by atoms with van der Waals surface area (Å²) in [6, 6.07) is 13.0. The SMILES string of the molecule is CC\C1=C/C=C\C(COC(=O)NCCN(CC)c2nc(-c3ccccc3O)nc3cc(C)ccc23)=C\OCO1. The number of allylic oxidation sites excluding steroid dienone is 3. The topological polar surface area (TPSA) is 106 Å². The van der Waals surface area contributed by atoms with Crippen molar-refractivity contribution in [3.05, 3.63) is 83.9 Å². The van der Waals surface area contributed by atoms with Crippen LogP contribution in [-0.2, 0) is 14.2 Å². The van der Waals surface area contributed by atoms with Crippen molar-refractivity contribution in [1.29, 1.82) is 0 Å². The number of ether oxygens (including phenoxy) is 3. The Balaban J connectivity index is 1.43. The number of alkyl carbamates (subject to hydrolysis) is 1. The molecule has 39 heavy (non-hydrogen) atoms. The molecule has 1 aliphatic rings. The fourth-order valence-corrected chi connectivity index (χ4v) is 4.07. The molecule has 0 spiro atoms. The standard InChI is InChI=1S/C30H34N4O5/c1-4-23-10-8-9-22(18-37-20-39-23)19-38-30(36)31-15-16-34(5-2)29-24-14-13-21(3)17-26(24)32-28(33-29)25-11-6-7-12-27(25)35/h6-14,17-18,35H,4-5,15-16,19-20H2,1-3H3,(H,31,36)/b9-8-,22-18-,23-10+. The Bertz CT molecular complexity index is 1400. The summed E-state index contributed by atoms with van der Waals surface area (Å²) in [6.07, 6.45) is 7.29. The molecular weight excluding hydrogens is 496 g/mol. The third kappa shape index (κ3) is 7.28. The summed E-state index contributed by atoms with van der Waals surface area (Å²) in [5.41, 5.74) is 3.13. The summed E-state index contributed by atoms with van der Waals surface area (Å²) in [7, 11) is 0. The van der Waals surface area contributed by atoms with Gasteiger partial charge in [-0.3, -0.25) is 0 Å². The summed E-state index contributed by atoms with van der Waals surface area (Å²) >= 11 is 0. The first-order valence-corrected chi connectivity index (χ1v) is 13.0. The molecule has 2 aromatic carbocycles. The minimum atomic E-state index is -0.528. The maximum Gasteiger partial charge on any atom is 0.407 e. The molecule has 2 heterocycles. The molecule has 0 unspecified atom stereocenters. The van der Waals surface area contributed by atoms with Gasteiger partial charge in [-0.15, -0.1) is 0 Å². The van der Waals surface area contributed by atoms with Crippen molar-refractivity contribution in [2.75, 3.05) is 37.9 Å². The van der Waals surface area contributed by atoms with Crippen molar-refractivity contribution in [2.45, 2.75) is 27.2 Å². The van der Waals surface area contributed by atoms with Gasteiger partial charge in [0.1, 0.15) is 23.9 Å². The lowest BCUT2D eigenvalue weighted by atomic mass is 10.1. The van der Waals surface area contributed by atoms with Crippen LogP contribution in [-0.4, -0.2) is 54.2 Å². The van der Waals surface area contributed by atoms with Gasteiger partial charge in [0.25, 0.3) is 0 Å². The van der Waals surface area contributed by atoms with E-state index in [1.807, 2.05) is 63.3 Å². The molecule has 204 valence electrons. The quantitative estimate of drug-likeness (QED) is 0.368. The molecule has 1 aliphatic heterocycles. The maximum absolute atomic E-state index is 12.4. The van der Waals surface area contributed by atoms with Gasteiger partial charge in [-0.2, -0.15) is 0 Å². The van der Waals surface area contributed by atoms with E-state index < -0.39 is 6.09 Å². The van der Waals surface area contributed by atoms with Gasteiger partial charge in [0, 0.05) is 37.0 Å². The van der Waals surface area contributed by atoms with Gasteiger partial charge in [0.05, 0.1) is 17.3 Å². The van der Waals surface area contributed by atoms with Gasteiger partial charge in [0.15, 0.2) is 5.82 Å². The first-order chi connectivity index (χ1) is 19.0. The number of benzene rings is 2. The van der Waals surface area contributed by atoms with E-state index in [9.17, 15) is 9.90 Å². The molecule has 0 aliphatic carbocycles. The van der Waals surface area contributed by atoms with E-state index >= 15 is 0 Å². The third-order valence-corrected chi connectivity index (χ3v) is 6.17. The van der Waals surface area contributed by atoms with Crippen LogP contribution in [0.1, 0.15) is 25.8 Å². The number of phenols is 1. The van der Waals surface area contributed by atoms with Gasteiger partial charge in [-0.05, 0) is 49.8 Å². The fourth-order valence-electron chi connectivity index (χ4n) is 4.07. The predicted molar refractivity (Wildman–Crippen MR) is 151 cm³/mol. The number of para-hydroxylation sites is 1. The summed E-state index contributed by atoms with van der Waals surface area (Å²) in [6.45, 7) is 7.70. The highest BCUT2D eigenvalue weighted by Gasteiger charge is 2.17. The Morgan fingerprint density at radius 1 is 1.18 bits per heavy atom. The maximum atomic E-state index is 12.4. The van der Waals surface area contributed by atoms with E-state index in [4.69, 9.17) is 24.2 Å². The lowest BCUT2D eigenvalue weighted by Gasteiger charge is -2.24. The van der Waals surface area contributed by atoms with Crippen LogP contribution in [0.25, 0.3) is 22.3 Å². The Kier molecular flexibility index (Phi) is 9.39. The molecule has 9 heteroatoms. The number of fused-ring (bicyclic) bond motifs is 1. The van der Waals surface area contributed by atoms with E-state index in [1.165, 1.54) is 6.26 Å². The Labute approximate surface area is 228 Å². The summed E-state index contributed by atoms with van der Waals surface area (Å²) in [4.78, 5) is 24.0. The molecule has 0 saturated heterocycles. The number of phenolic OH excluding ortho intramolecular Hbond substituents is 1. The molecule has 0 bridgehead atoms. The van der Waals surface area contributed by atoms with Crippen molar-refractivity contribution >= 4 is 22.8 Å². The number of rotatable bonds is 9. The minimum absolute atomic E-state index is 0.0644. The van der Waals surface area contributed by atoms with Gasteiger partial charge < -0.3 is 29.5 Å². The Morgan fingerprint density at radius 3 is 2.82 bits per heavy atom. The van der Waals surface area contributed by atoms with Crippen LogP contribution >= 0.6 is 0 Å². The predicted octanol–water partition coefficient (Wildman–Crippen LogP) is 5.60. The molecule has 9 nitrogen and oxygen atoms in total. The van der Waals surface area contributed by atoms with Gasteiger partial charge in [-0.1, -0.05) is 37.3 Å². The van der Waals surface area contributed by atoms with Crippen molar-refractivity contribution in [3.8, 4) is 17.1 Å². The highest BCUT2D eigenvalue weighted by atomic mass is 16.7. The average molecular weight is 531 g/mol. The molecule has 0 atom stereocenters. The molecule has 0 fully saturated rings. The van der Waals surface area contributed by atoms with Crippen LogP contribution in [0, 0.1) is 6.92 Å². The number of amides is 1. The number of nitrogens with zero attached hydrogens (tertiary/aromatic N) is 3. The number of likely N-dealkylation sites (N-methyl/N-ethyl adjacent to an activating group) is 1. The van der Waals surface area contributed by atoms with Crippen LogP contribution in [0.15, 0.2) is 78.3 Å². The second-order valence-corrected chi connectivity index (χ2v) is 8.96. The summed E-state index contributed by atoms with van der Waals surface area (Å²) in [5.74, 6) is 2.11. The Hall–Kier alpha value is -4.53. The fraction of sp³-hybridized carbons (Fsp3) is 0.300. The second kappa shape index (κ2) is 13.3. The van der Waals surface area contributed by atoms with E-state index in [1.54, 1.807) is 18.2 Å². The lowest BCUT2D eigenvalue weighted by Crippen LogP contribution is -2.36. The summed E-state index contributed by atoms with van der Waals surface area (Å²) < 4.78 is 16.2. The van der Waals surface area contributed by atoms with Gasteiger partial charge >= 0.3 is 6.09 Å². The number of aromatic hydroxyl groups is 1. The van der Waals surface area contributed by atoms with Crippen LogP contribution < -0.4 is 10.2 Å². The van der Waals surface area contributed by atoms with Crippen LogP contribution in [0.3, 0.4) is 0 Å². The van der Waals surface area contributed by atoms with Gasteiger partial charge in [0.2, 0.25) is 6.79 Å². The average Bonchev–Trinajstić information content (AvgIpc) is 3.05. The monoisotopic (exact) mass is 530 g/mol. The van der Waals surface area contributed by atoms with Crippen LogP contribution in [0.5, 0.6) is 5.75 Å². The number of hydrogen-bond donors (Lipinski definition) is 2. The molecular formula is C30H34N4O5. The molecule has 1 amide bonds. The van der Waals surface area contributed by atoms with Crippen molar-refractivity contribution < 1.29 is 24.1 Å². The molecule has 2 N–H and O–H groups in total. The molecule has 0 radical (unpaired) electrons. The van der Waals surface area contributed by atoms with Gasteiger partial charge in [-0.25, -0.2) is 14.8 Å². The van der Waals surface area contributed by atoms with Crippen molar-refractivity contribution in [2.24, 2.45) is 0 Å². The normalized spacial score (nSPS) is 16.7. The number of anilines is 1. The largest absolute Gasteiger partial charge is 0.507 e. The highest BCUT2D eigenvalue weighted by molar-refractivity contribution is 5.92. The first kappa shape index (κ1) is 27.5. The highest BCUT2D eigenvalue weighted by Crippen LogP contribution is 2.31. The third-order valence-electron chi connectivity index (χ3n) is 6.17. The zero-order valence-corrected chi connectivity index (χ0v) is 22.5. The molecule has 4 rings (SSSR count). The lowest BCUT2D eigenvalue weighted by molar-refractivity contribution is 0.0250. The summed E-state index contributed by atoms with van der Waals surface area (Å²) in [5, 5.41) is 14.1. The van der Waals surface area contributed by atoms with Crippen LogP contribution in [0.4, 0.5) is 10.6 Å². The second-order valence-electron chi connectivity index (χ2n) is 8.96. The first-order valence-electron chi connectivity index (χ1n) is 13.0. The van der Waals surface area contributed by atoms with Crippen LogP contribution in [0.2, 0.25) is 0 Å². The van der Waals surface area contributed by atoms with E-state index in [-0.39, 0.29) is 19.1 Å². The number of carbonyl (C=O) groups is 1. The van der Waals surface area contributed by atoms with E-state index in [0.717, 1.165) is 34.5 Å². The number of aromatic nitrogens is 2. The molecule has 1 aromatic heterocycles. The van der Waals surface area contributed by atoms with Crippen molar-refractivity contribution in [1.82, 2.24) is 15.3 Å². The minimum Gasteiger partial charge on any atom is -0.507 e. The van der Waals surface area contributed by atoms with E-state index in [0.29, 0.717) is 36.6 Å². The number of aryl methyl sites for hydroxylation is 1. The Morgan fingerprint density at radius 2 is 2.03 bits per heavy atom.